The number of nitrogens with zero attached hydrogens (tertiary/aromatic N) is 3. The van der Waals surface area contributed by atoms with Gasteiger partial charge in [0.25, 0.3) is 0 Å². The van der Waals surface area contributed by atoms with E-state index in [9.17, 15) is 18.6 Å². The molecule has 43 heavy (non-hydrogen) atoms. The Balaban J connectivity index is 1.44. The van der Waals surface area contributed by atoms with Crippen molar-refractivity contribution in [2.45, 2.75) is 43.6 Å². The third-order valence-corrected chi connectivity index (χ3v) is 8.23. The monoisotopic (exact) mass is 612 g/mol. The lowest BCUT2D eigenvalue weighted by molar-refractivity contribution is 0.181. The van der Waals surface area contributed by atoms with E-state index in [0.29, 0.717) is 40.7 Å². The molecule has 5 rings (SSSR count). The fraction of sp³-hybridized carbons (Fsp3) is 0.367. The first-order valence-corrected chi connectivity index (χ1v) is 15.0. The van der Waals surface area contributed by atoms with E-state index in [-0.39, 0.29) is 41.0 Å². The molecule has 2 aliphatic heterocycles. The first kappa shape index (κ1) is 30.5. The fourth-order valence-corrected chi connectivity index (χ4v) is 5.82. The highest BCUT2D eigenvalue weighted by atomic mass is 32.2. The quantitative estimate of drug-likeness (QED) is 0.136. The molecule has 1 saturated heterocycles. The predicted octanol–water partition coefficient (Wildman–Crippen LogP) is 5.82. The summed E-state index contributed by atoms with van der Waals surface area (Å²) in [6.45, 7) is 4.42. The van der Waals surface area contributed by atoms with E-state index in [0.717, 1.165) is 31.5 Å². The molecule has 2 unspecified atom stereocenters. The number of alkyl halides is 2. The van der Waals surface area contributed by atoms with E-state index in [1.807, 2.05) is 6.21 Å². The molecule has 1 fully saturated rings. The molecule has 9 nitrogen and oxygen atoms in total. The maximum Gasteiger partial charge on any atom is 0.302 e. The third kappa shape index (κ3) is 6.99. The zero-order valence-electron chi connectivity index (χ0n) is 23.9. The van der Waals surface area contributed by atoms with Gasteiger partial charge in [-0.2, -0.15) is 13.9 Å². The maximum absolute atomic E-state index is 13.5. The van der Waals surface area contributed by atoms with Gasteiger partial charge in [0.2, 0.25) is 0 Å². The number of nitrogens with one attached hydrogen (secondary N) is 4. The normalized spacial score (nSPS) is 17.7. The average Bonchev–Trinajstić information content (AvgIpc) is 3.50. The van der Waals surface area contributed by atoms with Crippen LogP contribution in [0.1, 0.15) is 54.0 Å². The smallest absolute Gasteiger partial charge is 0.302 e. The summed E-state index contributed by atoms with van der Waals surface area (Å²) in [7, 11) is 1.78. The third-order valence-electron chi connectivity index (χ3n) is 7.72. The zero-order chi connectivity index (χ0) is 30.5. The highest BCUT2D eigenvalue weighted by Crippen LogP contribution is 2.37. The summed E-state index contributed by atoms with van der Waals surface area (Å²) in [6.07, 6.45) is 5.18. The van der Waals surface area contributed by atoms with E-state index < -0.39 is 11.9 Å². The predicted molar refractivity (Wildman–Crippen MR) is 167 cm³/mol. The van der Waals surface area contributed by atoms with Gasteiger partial charge in [0.05, 0.1) is 22.6 Å². The van der Waals surface area contributed by atoms with Gasteiger partial charge < -0.3 is 25.8 Å². The minimum atomic E-state index is -2.66. The van der Waals surface area contributed by atoms with Crippen LogP contribution in [0.5, 0.6) is 5.75 Å². The summed E-state index contributed by atoms with van der Waals surface area (Å²) in [6, 6.07) is 11.1. The van der Waals surface area contributed by atoms with Gasteiger partial charge in [0.1, 0.15) is 23.5 Å². The number of halogens is 3. The number of piperidine rings is 1. The molecule has 2 aliphatic rings. The van der Waals surface area contributed by atoms with Crippen molar-refractivity contribution < 1.29 is 17.9 Å². The number of aromatic nitrogens is 1. The van der Waals surface area contributed by atoms with Crippen LogP contribution in [0.25, 0.3) is 0 Å². The number of rotatable bonds is 11. The first-order chi connectivity index (χ1) is 20.7. The molecule has 0 aliphatic carbocycles. The lowest BCUT2D eigenvalue weighted by Gasteiger charge is -2.31. The number of hydrogen-bond acceptors (Lipinski definition) is 10. The van der Waals surface area contributed by atoms with E-state index in [2.05, 4.69) is 25.3 Å². The van der Waals surface area contributed by atoms with Crippen LogP contribution in [0, 0.1) is 11.2 Å². The summed E-state index contributed by atoms with van der Waals surface area (Å²) in [5, 5.41) is 22.6. The molecular weight excluding hydrogens is 577 g/mol. The zero-order valence-corrected chi connectivity index (χ0v) is 24.7. The summed E-state index contributed by atoms with van der Waals surface area (Å²) in [5.41, 5.74) is 9.90. The molecule has 1 aromatic heterocycles. The standard InChI is InChI=1S/C30H35F3N8OS/c1-17(18-3-6-21(31)7-4-18)42-25-13-19(5-8-24(25)40-43-30(32)33)27(34)26-28(36-2)23(15-38-29(26)35)20-14-39-41(16-20)22-9-11-37-12-10-22/h3-8,13-15,17,20,22,30,34,37,40H,9-12,16H2,1-2H3,(H3,35,36,38). The van der Waals surface area contributed by atoms with E-state index >= 15 is 0 Å². The Morgan fingerprint density at radius 3 is 2.63 bits per heavy atom. The molecule has 2 atom stereocenters. The summed E-state index contributed by atoms with van der Waals surface area (Å²) in [4.78, 5) is 4.45. The molecule has 0 amide bonds. The molecule has 228 valence electrons. The molecule has 13 heteroatoms. The maximum atomic E-state index is 13.5. The van der Waals surface area contributed by atoms with Gasteiger partial charge >= 0.3 is 5.76 Å². The van der Waals surface area contributed by atoms with Crippen molar-refractivity contribution in [1.29, 1.82) is 5.41 Å². The molecule has 0 spiro atoms. The number of pyridine rings is 1. The Bertz CT molecular complexity index is 1470. The van der Waals surface area contributed by atoms with Crippen LogP contribution in [0.4, 0.5) is 30.4 Å². The van der Waals surface area contributed by atoms with Gasteiger partial charge in [-0.1, -0.05) is 18.2 Å². The highest BCUT2D eigenvalue weighted by molar-refractivity contribution is 8.00. The molecule has 3 heterocycles. The number of ether oxygens (including phenoxy) is 1. The molecule has 6 N–H and O–H groups in total. The molecule has 0 bridgehead atoms. The number of benzene rings is 2. The van der Waals surface area contributed by atoms with Crippen LogP contribution in [-0.4, -0.2) is 60.4 Å². The lowest BCUT2D eigenvalue weighted by Crippen LogP contribution is -2.40. The number of hydrogen-bond donors (Lipinski definition) is 5. The summed E-state index contributed by atoms with van der Waals surface area (Å²) >= 11 is 0.242. The second-order valence-electron chi connectivity index (χ2n) is 10.5. The van der Waals surface area contributed by atoms with E-state index in [1.165, 1.54) is 12.1 Å². The minimum Gasteiger partial charge on any atom is -0.484 e. The number of anilines is 3. The molecule has 2 aromatic carbocycles. The van der Waals surface area contributed by atoms with Crippen LogP contribution in [0.15, 0.2) is 53.8 Å². The van der Waals surface area contributed by atoms with Crippen LogP contribution in [0.3, 0.4) is 0 Å². The molecular formula is C30H35F3N8OS. The van der Waals surface area contributed by atoms with Crippen molar-refractivity contribution in [3.8, 4) is 5.75 Å². The van der Waals surface area contributed by atoms with Gasteiger partial charge in [0, 0.05) is 61.0 Å². The van der Waals surface area contributed by atoms with Crippen molar-refractivity contribution in [3.63, 3.8) is 0 Å². The average molecular weight is 613 g/mol. The Morgan fingerprint density at radius 2 is 1.93 bits per heavy atom. The fourth-order valence-electron chi connectivity index (χ4n) is 5.44. The summed E-state index contributed by atoms with van der Waals surface area (Å²) in [5.74, 6) is -2.64. The number of nitrogens with two attached hydrogens (primary N) is 1. The number of nitrogen functional groups attached to an aromatic ring is 1. The van der Waals surface area contributed by atoms with Gasteiger partial charge in [0.15, 0.2) is 0 Å². The molecule has 3 aromatic rings. The van der Waals surface area contributed by atoms with E-state index in [1.54, 1.807) is 50.5 Å². The van der Waals surface area contributed by atoms with Gasteiger partial charge in [-0.3, -0.25) is 10.4 Å². The first-order valence-electron chi connectivity index (χ1n) is 14.1. The Morgan fingerprint density at radius 1 is 1.19 bits per heavy atom. The highest BCUT2D eigenvalue weighted by Gasteiger charge is 2.30. The number of hydrazone groups is 1. The Labute approximate surface area is 253 Å². The van der Waals surface area contributed by atoms with Crippen LogP contribution >= 0.6 is 11.9 Å². The largest absolute Gasteiger partial charge is 0.484 e. The summed E-state index contributed by atoms with van der Waals surface area (Å²) < 4.78 is 48.3. The van der Waals surface area contributed by atoms with Crippen LogP contribution < -0.4 is 25.8 Å². The minimum absolute atomic E-state index is 0.0367. The van der Waals surface area contributed by atoms with Gasteiger partial charge in [-0.05, 0) is 62.7 Å². The van der Waals surface area contributed by atoms with Crippen LogP contribution in [0.2, 0.25) is 0 Å². The van der Waals surface area contributed by atoms with Crippen molar-refractivity contribution in [2.24, 2.45) is 5.10 Å². The van der Waals surface area contributed by atoms with Gasteiger partial charge in [-0.15, -0.1) is 0 Å². The van der Waals surface area contributed by atoms with Gasteiger partial charge in [-0.25, -0.2) is 9.37 Å². The topological polar surface area (TPSA) is 124 Å². The lowest BCUT2D eigenvalue weighted by atomic mass is 9.93. The van der Waals surface area contributed by atoms with Crippen LogP contribution in [-0.2, 0) is 0 Å². The Kier molecular flexibility index (Phi) is 9.61. The van der Waals surface area contributed by atoms with Crippen molar-refractivity contribution in [2.75, 3.05) is 42.5 Å². The Hall–Kier alpha value is -3.97. The van der Waals surface area contributed by atoms with Crippen molar-refractivity contribution >= 4 is 41.1 Å². The molecule has 0 radical (unpaired) electrons. The second kappa shape index (κ2) is 13.6. The van der Waals surface area contributed by atoms with Crippen molar-refractivity contribution in [3.05, 3.63) is 76.7 Å². The second-order valence-corrected chi connectivity index (χ2v) is 11.2. The van der Waals surface area contributed by atoms with Crippen molar-refractivity contribution in [1.82, 2.24) is 15.3 Å². The van der Waals surface area contributed by atoms with E-state index in [4.69, 9.17) is 15.6 Å². The molecule has 0 saturated carbocycles. The SMILES string of the molecule is CNc1c(C2C=NN(C3CCNCC3)C2)cnc(N)c1C(=N)c1ccc(NSC(F)F)c(OC(C)c2ccc(F)cc2)c1.